The molecule has 1 saturated heterocycles. The first-order chi connectivity index (χ1) is 8.38. The summed E-state index contributed by atoms with van der Waals surface area (Å²) in [4.78, 5) is 2.55. The molecule has 2 aliphatic carbocycles. The molecule has 1 N–H and O–H groups in total. The number of aliphatic hydroxyl groups excluding tert-OH is 1. The predicted octanol–water partition coefficient (Wildman–Crippen LogP) is 2.07. The van der Waals surface area contributed by atoms with Gasteiger partial charge in [0.1, 0.15) is 0 Å². The maximum absolute atomic E-state index is 8.94. The zero-order valence-corrected chi connectivity index (χ0v) is 10.5. The molecule has 0 radical (unpaired) electrons. The van der Waals surface area contributed by atoms with Crippen molar-refractivity contribution in [1.29, 1.82) is 0 Å². The number of hydrogen-bond acceptors (Lipinski definition) is 2. The fourth-order valence-electron chi connectivity index (χ4n) is 3.64. The average molecular weight is 233 g/mol. The summed E-state index contributed by atoms with van der Waals surface area (Å²) in [7, 11) is 0. The molecule has 4 aliphatic rings. The normalized spacial score (nSPS) is 40.3. The third-order valence-electron chi connectivity index (χ3n) is 4.78. The van der Waals surface area contributed by atoms with E-state index in [0.29, 0.717) is 6.61 Å². The Morgan fingerprint density at radius 1 is 0.941 bits per heavy atom. The highest BCUT2D eigenvalue weighted by molar-refractivity contribution is 5.22. The molecule has 0 saturated carbocycles. The van der Waals surface area contributed by atoms with E-state index in [-0.39, 0.29) is 0 Å². The molecular weight excluding hydrogens is 210 g/mol. The second kappa shape index (κ2) is 4.95. The standard InChI is InChI=1S/C15H23NO/c17-11-1-8-16-9-6-12-2-3-13(7-10-16)15-5-4-14(12)15/h2-5,12-15,17H,1,6-11H2. The van der Waals surface area contributed by atoms with Crippen LogP contribution in [0.2, 0.25) is 0 Å². The van der Waals surface area contributed by atoms with Crippen LogP contribution >= 0.6 is 0 Å². The number of rotatable bonds is 3. The van der Waals surface area contributed by atoms with E-state index in [1.165, 1.54) is 25.9 Å². The molecule has 94 valence electrons. The molecule has 2 heteroatoms. The molecule has 2 aliphatic heterocycles. The van der Waals surface area contributed by atoms with Crippen LogP contribution in [0.5, 0.6) is 0 Å². The molecule has 0 aromatic rings. The highest BCUT2D eigenvalue weighted by atomic mass is 16.3. The van der Waals surface area contributed by atoms with Gasteiger partial charge in [0.15, 0.2) is 0 Å². The van der Waals surface area contributed by atoms with Crippen LogP contribution in [0.25, 0.3) is 0 Å². The van der Waals surface area contributed by atoms with Gasteiger partial charge in [0.05, 0.1) is 0 Å². The Morgan fingerprint density at radius 2 is 1.53 bits per heavy atom. The topological polar surface area (TPSA) is 23.5 Å². The van der Waals surface area contributed by atoms with E-state index in [2.05, 4.69) is 29.2 Å². The molecular formula is C15H23NO. The van der Waals surface area contributed by atoms with Crippen molar-refractivity contribution in [2.45, 2.75) is 19.3 Å². The molecule has 0 amide bonds. The summed E-state index contributed by atoms with van der Waals surface area (Å²) in [6, 6.07) is 0. The number of nitrogens with zero attached hydrogens (tertiary/aromatic N) is 1. The fourth-order valence-corrected chi connectivity index (χ4v) is 3.64. The van der Waals surface area contributed by atoms with Crippen molar-refractivity contribution in [2.24, 2.45) is 23.7 Å². The van der Waals surface area contributed by atoms with Crippen LogP contribution in [0.15, 0.2) is 24.3 Å². The lowest BCUT2D eigenvalue weighted by atomic mass is 9.63. The molecule has 2 bridgehead atoms. The van der Waals surface area contributed by atoms with Gasteiger partial charge in [0.25, 0.3) is 0 Å². The fraction of sp³-hybridized carbons (Fsp3) is 0.733. The zero-order chi connectivity index (χ0) is 11.7. The summed E-state index contributed by atoms with van der Waals surface area (Å²) in [6.45, 7) is 3.81. The van der Waals surface area contributed by atoms with Crippen molar-refractivity contribution in [2.75, 3.05) is 26.2 Å². The van der Waals surface area contributed by atoms with Crippen molar-refractivity contribution in [3.8, 4) is 0 Å². The van der Waals surface area contributed by atoms with Crippen LogP contribution < -0.4 is 0 Å². The van der Waals surface area contributed by atoms with Crippen LogP contribution in [0, 0.1) is 23.7 Å². The minimum Gasteiger partial charge on any atom is -0.396 e. The van der Waals surface area contributed by atoms with Crippen LogP contribution in [0.3, 0.4) is 0 Å². The van der Waals surface area contributed by atoms with E-state index in [9.17, 15) is 0 Å². The number of aliphatic hydroxyl groups is 1. The minimum atomic E-state index is 0.328. The van der Waals surface area contributed by atoms with Gasteiger partial charge in [-0.2, -0.15) is 0 Å². The van der Waals surface area contributed by atoms with Crippen molar-refractivity contribution in [1.82, 2.24) is 4.90 Å². The molecule has 17 heavy (non-hydrogen) atoms. The smallest absolute Gasteiger partial charge is 0.0443 e. The Bertz CT molecular complexity index is 297. The summed E-state index contributed by atoms with van der Waals surface area (Å²) in [5, 5.41) is 8.94. The monoisotopic (exact) mass is 233 g/mol. The van der Waals surface area contributed by atoms with Crippen LogP contribution in [0.4, 0.5) is 0 Å². The van der Waals surface area contributed by atoms with Crippen molar-refractivity contribution in [3.05, 3.63) is 24.3 Å². The Labute approximate surface area is 104 Å². The van der Waals surface area contributed by atoms with Gasteiger partial charge in [-0.25, -0.2) is 0 Å². The van der Waals surface area contributed by atoms with E-state index in [1.54, 1.807) is 0 Å². The molecule has 4 atom stereocenters. The predicted molar refractivity (Wildman–Crippen MR) is 69.6 cm³/mol. The summed E-state index contributed by atoms with van der Waals surface area (Å²) in [6.07, 6.45) is 13.3. The molecule has 2 nitrogen and oxygen atoms in total. The van der Waals surface area contributed by atoms with Gasteiger partial charge in [-0.15, -0.1) is 0 Å². The Kier molecular flexibility index (Phi) is 3.34. The quantitative estimate of drug-likeness (QED) is 0.754. The first-order valence-electron chi connectivity index (χ1n) is 7.08. The Hall–Kier alpha value is -0.600. The third kappa shape index (κ3) is 2.21. The zero-order valence-electron chi connectivity index (χ0n) is 10.5. The van der Waals surface area contributed by atoms with Gasteiger partial charge in [-0.3, -0.25) is 0 Å². The minimum absolute atomic E-state index is 0.328. The van der Waals surface area contributed by atoms with Gasteiger partial charge in [-0.1, -0.05) is 24.3 Å². The lowest BCUT2D eigenvalue weighted by Crippen LogP contribution is -2.34. The molecule has 4 unspecified atom stereocenters. The van der Waals surface area contributed by atoms with Gasteiger partial charge in [0.2, 0.25) is 0 Å². The lowest BCUT2D eigenvalue weighted by molar-refractivity contribution is 0.216. The number of hydrogen-bond donors (Lipinski definition) is 1. The lowest BCUT2D eigenvalue weighted by Gasteiger charge is -2.41. The maximum Gasteiger partial charge on any atom is 0.0443 e. The summed E-state index contributed by atoms with van der Waals surface area (Å²) >= 11 is 0. The SMILES string of the molecule is OCCCN1CCC2C=CC(CC1)C1C=CC21. The summed E-state index contributed by atoms with van der Waals surface area (Å²) < 4.78 is 0. The van der Waals surface area contributed by atoms with Crippen LogP contribution in [-0.2, 0) is 0 Å². The maximum atomic E-state index is 8.94. The first kappa shape index (κ1) is 11.5. The van der Waals surface area contributed by atoms with E-state index >= 15 is 0 Å². The Balaban J connectivity index is 1.66. The average Bonchev–Trinajstić information content (AvgIpc) is 2.40. The number of allylic oxidation sites excluding steroid dienone is 4. The highest BCUT2D eigenvalue weighted by Gasteiger charge is 2.38. The number of fused-ring (bicyclic) bond motifs is 4. The molecule has 0 aromatic carbocycles. The third-order valence-corrected chi connectivity index (χ3v) is 4.78. The molecule has 0 aromatic heterocycles. The van der Waals surface area contributed by atoms with E-state index < -0.39 is 0 Å². The molecule has 4 rings (SSSR count). The van der Waals surface area contributed by atoms with Crippen molar-refractivity contribution in [3.63, 3.8) is 0 Å². The second-order valence-electron chi connectivity index (χ2n) is 5.75. The molecule has 2 heterocycles. The summed E-state index contributed by atoms with van der Waals surface area (Å²) in [5.41, 5.74) is 0. The molecule has 1 fully saturated rings. The van der Waals surface area contributed by atoms with Crippen molar-refractivity contribution < 1.29 is 5.11 Å². The first-order valence-corrected chi connectivity index (χ1v) is 7.08. The summed E-state index contributed by atoms with van der Waals surface area (Å²) in [5.74, 6) is 3.22. The van der Waals surface area contributed by atoms with Gasteiger partial charge in [0, 0.05) is 13.2 Å². The van der Waals surface area contributed by atoms with Crippen LogP contribution in [0.1, 0.15) is 19.3 Å². The highest BCUT2D eigenvalue weighted by Crippen LogP contribution is 2.45. The van der Waals surface area contributed by atoms with Gasteiger partial charge < -0.3 is 10.0 Å². The van der Waals surface area contributed by atoms with Crippen molar-refractivity contribution >= 4 is 0 Å². The second-order valence-corrected chi connectivity index (χ2v) is 5.75. The largest absolute Gasteiger partial charge is 0.396 e. The van der Waals surface area contributed by atoms with E-state index in [4.69, 9.17) is 5.11 Å². The Morgan fingerprint density at radius 3 is 2.00 bits per heavy atom. The van der Waals surface area contributed by atoms with E-state index in [0.717, 1.165) is 36.6 Å². The van der Waals surface area contributed by atoms with Gasteiger partial charge in [-0.05, 0) is 56.0 Å². The van der Waals surface area contributed by atoms with Gasteiger partial charge >= 0.3 is 0 Å². The molecule has 0 spiro atoms. The van der Waals surface area contributed by atoms with E-state index in [1.807, 2.05) is 0 Å². The van der Waals surface area contributed by atoms with Crippen LogP contribution in [-0.4, -0.2) is 36.2 Å².